The Bertz CT molecular complexity index is 343. The fourth-order valence-electron chi connectivity index (χ4n) is 1.72. The van der Waals surface area contributed by atoms with E-state index in [4.69, 9.17) is 4.74 Å². The highest BCUT2D eigenvalue weighted by atomic mass is 16.5. The maximum Gasteiger partial charge on any atom is 0.306 e. The highest BCUT2D eigenvalue weighted by Gasteiger charge is 2.15. The van der Waals surface area contributed by atoms with Crippen LogP contribution in [0.2, 0.25) is 0 Å². The van der Waals surface area contributed by atoms with Crippen molar-refractivity contribution in [3.05, 3.63) is 29.8 Å². The van der Waals surface area contributed by atoms with E-state index in [1.807, 2.05) is 26.0 Å². The Labute approximate surface area is 102 Å². The summed E-state index contributed by atoms with van der Waals surface area (Å²) < 4.78 is 5.08. The van der Waals surface area contributed by atoms with Crippen molar-refractivity contribution >= 4 is 5.97 Å². The molecular formula is C14H20O3. The SMILES string of the molecule is CCCOC(=O)CC(CC)c1ccc(O)cc1. The number of aromatic hydroxyl groups is 1. The normalized spacial score (nSPS) is 12.1. The number of rotatable bonds is 6. The van der Waals surface area contributed by atoms with Gasteiger partial charge in [-0.2, -0.15) is 0 Å². The first-order valence-corrected chi connectivity index (χ1v) is 6.11. The topological polar surface area (TPSA) is 46.5 Å². The highest BCUT2D eigenvalue weighted by Crippen LogP contribution is 2.25. The van der Waals surface area contributed by atoms with Crippen molar-refractivity contribution in [2.75, 3.05) is 6.61 Å². The summed E-state index contributed by atoms with van der Waals surface area (Å²) in [5.41, 5.74) is 1.07. The molecule has 0 aliphatic heterocycles. The second kappa shape index (κ2) is 6.94. The van der Waals surface area contributed by atoms with Gasteiger partial charge in [-0.15, -0.1) is 0 Å². The van der Waals surface area contributed by atoms with Gasteiger partial charge in [0, 0.05) is 0 Å². The zero-order valence-electron chi connectivity index (χ0n) is 10.5. The summed E-state index contributed by atoms with van der Waals surface area (Å²) in [6, 6.07) is 7.01. The van der Waals surface area contributed by atoms with Crippen molar-refractivity contribution in [2.45, 2.75) is 39.0 Å². The van der Waals surface area contributed by atoms with Gasteiger partial charge < -0.3 is 9.84 Å². The van der Waals surface area contributed by atoms with Gasteiger partial charge in [0.15, 0.2) is 0 Å². The summed E-state index contributed by atoms with van der Waals surface area (Å²) in [7, 11) is 0. The summed E-state index contributed by atoms with van der Waals surface area (Å²) in [6.45, 7) is 4.51. The summed E-state index contributed by atoms with van der Waals surface area (Å²) >= 11 is 0. The molecule has 1 unspecified atom stereocenters. The predicted molar refractivity (Wildman–Crippen MR) is 67.0 cm³/mol. The molecule has 0 heterocycles. The van der Waals surface area contributed by atoms with Crippen LogP contribution >= 0.6 is 0 Å². The fourth-order valence-corrected chi connectivity index (χ4v) is 1.72. The molecule has 0 aliphatic carbocycles. The molecule has 1 rings (SSSR count). The molecule has 3 nitrogen and oxygen atoms in total. The van der Waals surface area contributed by atoms with Gasteiger partial charge in [-0.05, 0) is 36.5 Å². The molecule has 0 saturated heterocycles. The zero-order valence-corrected chi connectivity index (χ0v) is 10.5. The minimum atomic E-state index is -0.147. The summed E-state index contributed by atoms with van der Waals surface area (Å²) in [5, 5.41) is 9.22. The molecule has 17 heavy (non-hydrogen) atoms. The highest BCUT2D eigenvalue weighted by molar-refractivity contribution is 5.70. The molecule has 0 bridgehead atoms. The average Bonchev–Trinajstić information content (AvgIpc) is 2.34. The molecule has 0 aliphatic rings. The van der Waals surface area contributed by atoms with E-state index in [0.29, 0.717) is 13.0 Å². The van der Waals surface area contributed by atoms with Crippen LogP contribution in [0.3, 0.4) is 0 Å². The molecule has 0 saturated carbocycles. The van der Waals surface area contributed by atoms with Crippen molar-refractivity contribution in [3.63, 3.8) is 0 Å². The predicted octanol–water partition coefficient (Wildman–Crippen LogP) is 3.23. The van der Waals surface area contributed by atoms with Gasteiger partial charge in [-0.25, -0.2) is 0 Å². The van der Waals surface area contributed by atoms with Gasteiger partial charge in [-0.1, -0.05) is 26.0 Å². The maximum atomic E-state index is 11.5. The van der Waals surface area contributed by atoms with Crippen molar-refractivity contribution in [2.24, 2.45) is 0 Å². The minimum Gasteiger partial charge on any atom is -0.508 e. The van der Waals surface area contributed by atoms with Gasteiger partial charge in [0.1, 0.15) is 5.75 Å². The number of carbonyl (C=O) groups excluding carboxylic acids is 1. The van der Waals surface area contributed by atoms with Crippen LogP contribution in [0.1, 0.15) is 44.6 Å². The third-order valence-electron chi connectivity index (χ3n) is 2.74. The molecule has 0 aromatic heterocycles. The molecule has 0 spiro atoms. The smallest absolute Gasteiger partial charge is 0.306 e. The first-order valence-electron chi connectivity index (χ1n) is 6.11. The lowest BCUT2D eigenvalue weighted by Crippen LogP contribution is -2.10. The molecule has 3 heteroatoms. The number of carbonyl (C=O) groups is 1. The fraction of sp³-hybridized carbons (Fsp3) is 0.500. The van der Waals surface area contributed by atoms with Gasteiger partial charge in [-0.3, -0.25) is 4.79 Å². The Morgan fingerprint density at radius 3 is 2.47 bits per heavy atom. The summed E-state index contributed by atoms with van der Waals surface area (Å²) in [4.78, 5) is 11.5. The van der Waals surface area contributed by atoms with Crippen LogP contribution < -0.4 is 0 Å². The Hall–Kier alpha value is -1.51. The van der Waals surface area contributed by atoms with E-state index in [1.54, 1.807) is 12.1 Å². The molecule has 1 aromatic carbocycles. The number of phenols is 1. The van der Waals surface area contributed by atoms with E-state index in [0.717, 1.165) is 18.4 Å². The van der Waals surface area contributed by atoms with E-state index in [1.165, 1.54) is 0 Å². The Kier molecular flexibility index (Phi) is 5.53. The van der Waals surface area contributed by atoms with E-state index in [2.05, 4.69) is 0 Å². The van der Waals surface area contributed by atoms with Crippen LogP contribution in [0.5, 0.6) is 5.75 Å². The molecule has 1 aromatic rings. The van der Waals surface area contributed by atoms with Crippen molar-refractivity contribution in [3.8, 4) is 5.75 Å². The molecular weight excluding hydrogens is 216 g/mol. The second-order valence-electron chi connectivity index (χ2n) is 4.12. The van der Waals surface area contributed by atoms with Crippen LogP contribution in [0.4, 0.5) is 0 Å². The lowest BCUT2D eigenvalue weighted by molar-refractivity contribution is -0.144. The van der Waals surface area contributed by atoms with Gasteiger partial charge in [0.2, 0.25) is 0 Å². The Morgan fingerprint density at radius 1 is 1.29 bits per heavy atom. The van der Waals surface area contributed by atoms with E-state index < -0.39 is 0 Å². The summed E-state index contributed by atoms with van der Waals surface area (Å²) in [6.07, 6.45) is 2.13. The van der Waals surface area contributed by atoms with E-state index >= 15 is 0 Å². The largest absolute Gasteiger partial charge is 0.508 e. The monoisotopic (exact) mass is 236 g/mol. The quantitative estimate of drug-likeness (QED) is 0.771. The van der Waals surface area contributed by atoms with Gasteiger partial charge >= 0.3 is 5.97 Å². The van der Waals surface area contributed by atoms with Crippen LogP contribution in [0.15, 0.2) is 24.3 Å². The lowest BCUT2D eigenvalue weighted by atomic mass is 9.93. The lowest BCUT2D eigenvalue weighted by Gasteiger charge is -2.14. The van der Waals surface area contributed by atoms with Crippen molar-refractivity contribution in [1.29, 1.82) is 0 Å². The van der Waals surface area contributed by atoms with Gasteiger partial charge in [0.25, 0.3) is 0 Å². The van der Waals surface area contributed by atoms with Crippen LogP contribution in [0.25, 0.3) is 0 Å². The van der Waals surface area contributed by atoms with E-state index in [-0.39, 0.29) is 17.6 Å². The first kappa shape index (κ1) is 13.6. The molecule has 94 valence electrons. The molecule has 0 fully saturated rings. The third kappa shape index (κ3) is 4.47. The Balaban J connectivity index is 2.59. The number of phenolic OH excluding ortho intramolecular Hbond substituents is 1. The molecule has 1 atom stereocenters. The zero-order chi connectivity index (χ0) is 12.7. The average molecular weight is 236 g/mol. The minimum absolute atomic E-state index is 0.147. The number of hydrogen-bond acceptors (Lipinski definition) is 3. The van der Waals surface area contributed by atoms with Gasteiger partial charge in [0.05, 0.1) is 13.0 Å². The second-order valence-corrected chi connectivity index (χ2v) is 4.12. The molecule has 0 radical (unpaired) electrons. The standard InChI is InChI=1S/C14H20O3/c1-3-9-17-14(16)10-11(4-2)12-5-7-13(15)8-6-12/h5-8,11,15H,3-4,9-10H2,1-2H3. The van der Waals surface area contributed by atoms with Crippen LogP contribution in [-0.4, -0.2) is 17.7 Å². The first-order chi connectivity index (χ1) is 8.17. The van der Waals surface area contributed by atoms with Crippen molar-refractivity contribution in [1.82, 2.24) is 0 Å². The maximum absolute atomic E-state index is 11.5. The number of ether oxygens (including phenoxy) is 1. The Morgan fingerprint density at radius 2 is 1.94 bits per heavy atom. The summed E-state index contributed by atoms with van der Waals surface area (Å²) in [5.74, 6) is 0.267. The van der Waals surface area contributed by atoms with E-state index in [9.17, 15) is 9.90 Å². The van der Waals surface area contributed by atoms with Crippen molar-refractivity contribution < 1.29 is 14.6 Å². The van der Waals surface area contributed by atoms with Crippen LogP contribution in [0, 0.1) is 0 Å². The molecule has 1 N–H and O–H groups in total. The number of esters is 1. The van der Waals surface area contributed by atoms with Crippen LogP contribution in [-0.2, 0) is 9.53 Å². The number of benzene rings is 1. The third-order valence-corrected chi connectivity index (χ3v) is 2.74. The molecule has 0 amide bonds. The number of hydrogen-bond donors (Lipinski definition) is 1.